The van der Waals surface area contributed by atoms with Crippen LogP contribution in [0.4, 0.5) is 13.2 Å². The third-order valence-electron chi connectivity index (χ3n) is 1.30. The molecule has 4 nitrogen and oxygen atoms in total. The third-order valence-corrected chi connectivity index (χ3v) is 2.01. The van der Waals surface area contributed by atoms with Gasteiger partial charge in [-0.15, -0.1) is 0 Å². The fraction of sp³-hybridized carbons (Fsp3) is 0.833. The lowest BCUT2D eigenvalue weighted by atomic mass is 10.5. The number of halogens is 3. The summed E-state index contributed by atoms with van der Waals surface area (Å²) in [7, 11) is 1.59. The van der Waals surface area contributed by atoms with Crippen LogP contribution in [0.25, 0.3) is 0 Å². The molecule has 0 rings (SSSR count). The fourth-order valence-corrected chi connectivity index (χ4v) is 1.34. The molecule has 84 valence electrons. The molecule has 0 aliphatic rings. The van der Waals surface area contributed by atoms with Crippen molar-refractivity contribution >= 4 is 17.6 Å². The normalized spacial score (nSPS) is 13.6. The van der Waals surface area contributed by atoms with Crippen LogP contribution in [0.3, 0.4) is 0 Å². The number of alkyl halides is 3. The van der Waals surface area contributed by atoms with E-state index in [0.717, 1.165) is 0 Å². The lowest BCUT2D eigenvalue weighted by Gasteiger charge is -2.15. The van der Waals surface area contributed by atoms with Crippen molar-refractivity contribution in [3.63, 3.8) is 0 Å². The monoisotopic (exact) mass is 231 g/mol. The van der Waals surface area contributed by atoms with Gasteiger partial charge in [0.1, 0.15) is 0 Å². The van der Waals surface area contributed by atoms with E-state index in [0.29, 0.717) is 0 Å². The highest BCUT2D eigenvalue weighted by atomic mass is 32.2. The van der Waals surface area contributed by atoms with Gasteiger partial charge in [-0.3, -0.25) is 4.90 Å². The van der Waals surface area contributed by atoms with E-state index in [9.17, 15) is 13.2 Å². The Morgan fingerprint density at radius 2 is 2.14 bits per heavy atom. The summed E-state index contributed by atoms with van der Waals surface area (Å²) in [5.74, 6) is -0.0943. The minimum Gasteiger partial charge on any atom is -0.409 e. The Kier molecular flexibility index (Phi) is 5.70. The maximum Gasteiger partial charge on any atom is 0.441 e. The standard InChI is InChI=1S/C6H12F3N3OS/c1-12(4-5(10)11-13)2-3-14-6(7,8)9/h13H,2-4H2,1H3,(H2,10,11). The molecule has 0 fully saturated rings. The number of hydrogen-bond acceptors (Lipinski definition) is 4. The zero-order valence-electron chi connectivity index (χ0n) is 7.58. The van der Waals surface area contributed by atoms with E-state index in [-0.39, 0.29) is 36.4 Å². The van der Waals surface area contributed by atoms with Crippen LogP contribution in [0.2, 0.25) is 0 Å². The molecule has 14 heavy (non-hydrogen) atoms. The van der Waals surface area contributed by atoms with Crippen molar-refractivity contribution in [1.29, 1.82) is 0 Å². The van der Waals surface area contributed by atoms with Crippen molar-refractivity contribution in [2.75, 3.05) is 25.9 Å². The first-order chi connectivity index (χ1) is 6.35. The predicted octanol–water partition coefficient (Wildman–Crippen LogP) is 0.918. The van der Waals surface area contributed by atoms with E-state index in [1.165, 1.54) is 4.90 Å². The molecule has 0 aliphatic carbocycles. The second kappa shape index (κ2) is 5.97. The van der Waals surface area contributed by atoms with Gasteiger partial charge in [0.25, 0.3) is 0 Å². The van der Waals surface area contributed by atoms with Crippen LogP contribution in [0.5, 0.6) is 0 Å². The molecule has 0 bridgehead atoms. The maximum absolute atomic E-state index is 11.7. The van der Waals surface area contributed by atoms with Gasteiger partial charge in [0.2, 0.25) is 0 Å². The highest BCUT2D eigenvalue weighted by molar-refractivity contribution is 8.00. The van der Waals surface area contributed by atoms with Crippen LogP contribution in [0.15, 0.2) is 5.16 Å². The zero-order chi connectivity index (χ0) is 11.2. The largest absolute Gasteiger partial charge is 0.441 e. The summed E-state index contributed by atoms with van der Waals surface area (Å²) in [6, 6.07) is 0. The molecule has 0 aromatic heterocycles. The summed E-state index contributed by atoms with van der Waals surface area (Å²) in [5.41, 5.74) is 0.964. The minimum atomic E-state index is -4.20. The Bertz CT molecular complexity index is 197. The first kappa shape index (κ1) is 13.4. The number of thioether (sulfide) groups is 1. The molecule has 0 amide bonds. The zero-order valence-corrected chi connectivity index (χ0v) is 8.40. The van der Waals surface area contributed by atoms with Crippen molar-refractivity contribution in [1.82, 2.24) is 4.90 Å². The van der Waals surface area contributed by atoms with Crippen LogP contribution in [-0.4, -0.2) is 47.3 Å². The molecule has 3 N–H and O–H groups in total. The third kappa shape index (κ3) is 7.99. The molecule has 0 spiro atoms. The minimum absolute atomic E-state index is 0.0236. The molecule has 0 aromatic carbocycles. The van der Waals surface area contributed by atoms with Gasteiger partial charge >= 0.3 is 5.51 Å². The number of rotatable bonds is 5. The smallest absolute Gasteiger partial charge is 0.409 e. The van der Waals surface area contributed by atoms with Gasteiger partial charge in [-0.2, -0.15) is 13.2 Å². The van der Waals surface area contributed by atoms with E-state index < -0.39 is 5.51 Å². The molecule has 0 atom stereocenters. The second-order valence-electron chi connectivity index (χ2n) is 2.62. The summed E-state index contributed by atoms with van der Waals surface area (Å²) in [4.78, 5) is 1.54. The van der Waals surface area contributed by atoms with Gasteiger partial charge in [-0.1, -0.05) is 5.16 Å². The lowest BCUT2D eigenvalue weighted by molar-refractivity contribution is -0.0328. The highest BCUT2D eigenvalue weighted by Crippen LogP contribution is 2.29. The lowest BCUT2D eigenvalue weighted by Crippen LogP contribution is -2.32. The van der Waals surface area contributed by atoms with E-state index in [1.54, 1.807) is 7.05 Å². The van der Waals surface area contributed by atoms with Crippen molar-refractivity contribution < 1.29 is 18.4 Å². The Morgan fingerprint density at radius 3 is 2.57 bits per heavy atom. The van der Waals surface area contributed by atoms with E-state index >= 15 is 0 Å². The van der Waals surface area contributed by atoms with Gasteiger partial charge in [-0.05, 0) is 18.8 Å². The van der Waals surface area contributed by atoms with Gasteiger partial charge in [-0.25, -0.2) is 0 Å². The SMILES string of the molecule is CN(CCSC(F)(F)F)CC(N)=NO. The van der Waals surface area contributed by atoms with Crippen LogP contribution in [0, 0.1) is 0 Å². The Balaban J connectivity index is 3.60. The summed E-state index contributed by atoms with van der Waals surface area (Å²) >= 11 is -0.0883. The van der Waals surface area contributed by atoms with Crippen LogP contribution in [0.1, 0.15) is 0 Å². The van der Waals surface area contributed by atoms with Gasteiger partial charge < -0.3 is 10.9 Å². The van der Waals surface area contributed by atoms with E-state index in [1.807, 2.05) is 0 Å². The number of likely N-dealkylation sites (N-methyl/N-ethyl adjacent to an activating group) is 1. The van der Waals surface area contributed by atoms with Crippen LogP contribution in [-0.2, 0) is 0 Å². The van der Waals surface area contributed by atoms with Crippen LogP contribution >= 0.6 is 11.8 Å². The molecular weight excluding hydrogens is 219 g/mol. The summed E-state index contributed by atoms with van der Waals surface area (Å²) in [6.45, 7) is 0.370. The molecule has 0 unspecified atom stereocenters. The first-order valence-corrected chi connectivity index (χ1v) is 4.69. The Labute approximate surface area is 83.9 Å². The molecule has 0 heterocycles. The molecule has 0 saturated carbocycles. The molecular formula is C6H12F3N3OS. The number of amidine groups is 1. The first-order valence-electron chi connectivity index (χ1n) is 3.71. The van der Waals surface area contributed by atoms with Crippen LogP contribution < -0.4 is 5.73 Å². The van der Waals surface area contributed by atoms with Crippen molar-refractivity contribution in [2.24, 2.45) is 10.9 Å². The summed E-state index contributed by atoms with van der Waals surface area (Å²) < 4.78 is 35.1. The molecule has 0 saturated heterocycles. The fourth-order valence-electron chi connectivity index (χ4n) is 0.704. The van der Waals surface area contributed by atoms with Crippen molar-refractivity contribution in [3.05, 3.63) is 0 Å². The number of oxime groups is 1. The Morgan fingerprint density at radius 1 is 1.57 bits per heavy atom. The highest BCUT2D eigenvalue weighted by Gasteiger charge is 2.27. The average molecular weight is 231 g/mol. The quantitative estimate of drug-likeness (QED) is 0.319. The second-order valence-corrected chi connectivity index (χ2v) is 3.78. The van der Waals surface area contributed by atoms with Crippen molar-refractivity contribution in [3.8, 4) is 0 Å². The van der Waals surface area contributed by atoms with E-state index in [4.69, 9.17) is 10.9 Å². The predicted molar refractivity (Wildman–Crippen MR) is 49.4 cm³/mol. The number of hydrogen-bond donors (Lipinski definition) is 2. The maximum atomic E-state index is 11.7. The topological polar surface area (TPSA) is 61.8 Å². The van der Waals surface area contributed by atoms with Gasteiger partial charge in [0, 0.05) is 12.3 Å². The average Bonchev–Trinajstić information content (AvgIpc) is 2.01. The van der Waals surface area contributed by atoms with Gasteiger partial charge in [0.15, 0.2) is 5.84 Å². The number of nitrogens with zero attached hydrogens (tertiary/aromatic N) is 2. The van der Waals surface area contributed by atoms with Gasteiger partial charge in [0.05, 0.1) is 6.54 Å². The molecule has 0 aromatic rings. The van der Waals surface area contributed by atoms with Crippen molar-refractivity contribution in [2.45, 2.75) is 5.51 Å². The molecule has 0 radical (unpaired) electrons. The Hall–Kier alpha value is -0.630. The molecule has 8 heteroatoms. The van der Waals surface area contributed by atoms with E-state index in [2.05, 4.69) is 5.16 Å². The summed E-state index contributed by atoms with van der Waals surface area (Å²) in [5, 5.41) is 10.9. The molecule has 0 aliphatic heterocycles. The summed E-state index contributed by atoms with van der Waals surface area (Å²) in [6.07, 6.45) is 0. The number of nitrogens with two attached hydrogens (primary N) is 1.